The second-order valence-electron chi connectivity index (χ2n) is 2.97. The molecule has 4 heteroatoms. The number of nitrogens with zero attached hydrogens (tertiary/aromatic N) is 1. The zero-order chi connectivity index (χ0) is 10.6. The number of hydrogen-bond donors (Lipinski definition) is 3. The van der Waals surface area contributed by atoms with Crippen LogP contribution in [0.15, 0.2) is 23.2 Å². The van der Waals surface area contributed by atoms with Crippen molar-refractivity contribution in [3.8, 4) is 11.5 Å². The molecule has 1 rings (SSSR count). The highest BCUT2D eigenvalue weighted by Crippen LogP contribution is 2.24. The summed E-state index contributed by atoms with van der Waals surface area (Å²) in [5, 5.41) is 18.3. The number of aromatic hydroxyl groups is 2. The van der Waals surface area contributed by atoms with E-state index in [4.69, 9.17) is 10.8 Å². The van der Waals surface area contributed by atoms with E-state index in [-0.39, 0.29) is 11.5 Å². The number of phenols is 2. The third-order valence-electron chi connectivity index (χ3n) is 1.78. The van der Waals surface area contributed by atoms with Crippen LogP contribution >= 0.6 is 0 Å². The molecule has 4 nitrogen and oxygen atoms in total. The van der Waals surface area contributed by atoms with Crippen molar-refractivity contribution < 1.29 is 10.2 Å². The van der Waals surface area contributed by atoms with Crippen molar-refractivity contribution in [2.75, 3.05) is 6.54 Å². The van der Waals surface area contributed by atoms with Crippen molar-refractivity contribution in [3.63, 3.8) is 0 Å². The molecular weight excluding hydrogens is 180 g/mol. The fraction of sp³-hybridized carbons (Fsp3) is 0.300. The quantitative estimate of drug-likeness (QED) is 0.384. The molecule has 0 aliphatic heterocycles. The van der Waals surface area contributed by atoms with Crippen LogP contribution in [0.3, 0.4) is 0 Å². The Morgan fingerprint density at radius 2 is 2.07 bits per heavy atom. The molecule has 0 aliphatic carbocycles. The van der Waals surface area contributed by atoms with Crippen LogP contribution in [0.1, 0.15) is 18.9 Å². The Kier molecular flexibility index (Phi) is 3.34. The predicted octanol–water partition coefficient (Wildman–Crippen LogP) is 1.21. The molecule has 1 aromatic carbocycles. The van der Waals surface area contributed by atoms with Crippen molar-refractivity contribution in [3.05, 3.63) is 23.8 Å². The highest BCUT2D eigenvalue weighted by atomic mass is 16.3. The molecule has 14 heavy (non-hydrogen) atoms. The van der Waals surface area contributed by atoms with Gasteiger partial charge < -0.3 is 15.9 Å². The van der Waals surface area contributed by atoms with Gasteiger partial charge in [0.1, 0.15) is 5.84 Å². The molecule has 4 N–H and O–H groups in total. The summed E-state index contributed by atoms with van der Waals surface area (Å²) in [4.78, 5) is 4.09. The maximum Gasteiger partial charge on any atom is 0.158 e. The molecule has 0 aliphatic rings. The molecule has 0 bridgehead atoms. The number of hydrogen-bond acceptors (Lipinski definition) is 3. The van der Waals surface area contributed by atoms with Crippen molar-refractivity contribution in [2.24, 2.45) is 10.7 Å². The lowest BCUT2D eigenvalue weighted by Crippen LogP contribution is -2.13. The zero-order valence-corrected chi connectivity index (χ0v) is 8.07. The molecule has 0 fully saturated rings. The first-order valence-electron chi connectivity index (χ1n) is 4.47. The highest BCUT2D eigenvalue weighted by Gasteiger charge is 2.02. The van der Waals surface area contributed by atoms with Crippen LogP contribution in [-0.2, 0) is 0 Å². The van der Waals surface area contributed by atoms with E-state index in [1.54, 1.807) is 6.07 Å². The van der Waals surface area contributed by atoms with Crippen LogP contribution in [0.2, 0.25) is 0 Å². The average Bonchev–Trinajstić information content (AvgIpc) is 2.18. The van der Waals surface area contributed by atoms with Crippen molar-refractivity contribution >= 4 is 5.84 Å². The van der Waals surface area contributed by atoms with E-state index in [9.17, 15) is 5.11 Å². The fourth-order valence-electron chi connectivity index (χ4n) is 1.01. The summed E-state index contributed by atoms with van der Waals surface area (Å²) < 4.78 is 0. The molecule has 0 atom stereocenters. The summed E-state index contributed by atoms with van der Waals surface area (Å²) in [7, 11) is 0. The maximum absolute atomic E-state index is 9.21. The number of aliphatic imine (C=N–C) groups is 1. The van der Waals surface area contributed by atoms with Gasteiger partial charge in [-0.2, -0.15) is 0 Å². The first-order chi connectivity index (χ1) is 6.65. The summed E-state index contributed by atoms with van der Waals surface area (Å²) in [5.74, 6) is 0.0383. The summed E-state index contributed by atoms with van der Waals surface area (Å²) in [5.41, 5.74) is 6.28. The van der Waals surface area contributed by atoms with Crippen molar-refractivity contribution in [2.45, 2.75) is 13.3 Å². The summed E-state index contributed by atoms with van der Waals surface area (Å²) in [6.07, 6.45) is 0.921. The minimum atomic E-state index is -0.183. The molecule has 76 valence electrons. The summed E-state index contributed by atoms with van der Waals surface area (Å²) in [6, 6.07) is 4.40. The lowest BCUT2D eigenvalue weighted by atomic mass is 10.2. The van der Waals surface area contributed by atoms with Gasteiger partial charge in [0.25, 0.3) is 0 Å². The molecule has 0 amide bonds. The van der Waals surface area contributed by atoms with Gasteiger partial charge in [0.15, 0.2) is 11.5 Å². The van der Waals surface area contributed by atoms with Crippen molar-refractivity contribution in [1.29, 1.82) is 0 Å². The number of amidine groups is 1. The average molecular weight is 194 g/mol. The highest BCUT2D eigenvalue weighted by molar-refractivity contribution is 5.98. The van der Waals surface area contributed by atoms with Crippen LogP contribution in [0.5, 0.6) is 11.5 Å². The van der Waals surface area contributed by atoms with E-state index in [0.29, 0.717) is 17.9 Å². The normalized spacial score (nSPS) is 11.6. The first kappa shape index (κ1) is 10.4. The Hall–Kier alpha value is -1.71. The SMILES string of the molecule is CCCN=C(N)c1ccc(O)c(O)c1. The molecule has 0 radical (unpaired) electrons. The molecule has 0 saturated carbocycles. The number of rotatable bonds is 3. The van der Waals surface area contributed by atoms with Crippen molar-refractivity contribution in [1.82, 2.24) is 0 Å². The van der Waals surface area contributed by atoms with Gasteiger partial charge >= 0.3 is 0 Å². The Balaban J connectivity index is 2.91. The standard InChI is InChI=1S/C10H14N2O2/c1-2-5-12-10(11)7-3-4-8(13)9(14)6-7/h3-4,6,13-14H,2,5H2,1H3,(H2,11,12). The monoisotopic (exact) mass is 194 g/mol. The van der Waals surface area contributed by atoms with Crippen LogP contribution in [-0.4, -0.2) is 22.6 Å². The van der Waals surface area contributed by atoms with E-state index >= 15 is 0 Å². The molecule has 0 heterocycles. The molecule has 0 spiro atoms. The van der Waals surface area contributed by atoms with Gasteiger partial charge in [0.2, 0.25) is 0 Å². The minimum Gasteiger partial charge on any atom is -0.504 e. The van der Waals surface area contributed by atoms with Crippen LogP contribution in [0, 0.1) is 0 Å². The number of nitrogens with two attached hydrogens (primary N) is 1. The van der Waals surface area contributed by atoms with Gasteiger partial charge in [-0.15, -0.1) is 0 Å². The smallest absolute Gasteiger partial charge is 0.158 e. The lowest BCUT2D eigenvalue weighted by Gasteiger charge is -2.02. The van der Waals surface area contributed by atoms with Crippen LogP contribution < -0.4 is 5.73 Å². The van der Waals surface area contributed by atoms with E-state index < -0.39 is 0 Å². The predicted molar refractivity (Wildman–Crippen MR) is 55.7 cm³/mol. The fourth-order valence-corrected chi connectivity index (χ4v) is 1.01. The lowest BCUT2D eigenvalue weighted by molar-refractivity contribution is 0.403. The Morgan fingerprint density at radius 3 is 2.64 bits per heavy atom. The van der Waals surface area contributed by atoms with Gasteiger partial charge in [-0.3, -0.25) is 4.99 Å². The first-order valence-corrected chi connectivity index (χ1v) is 4.47. The molecule has 0 unspecified atom stereocenters. The second-order valence-corrected chi connectivity index (χ2v) is 2.97. The Morgan fingerprint density at radius 1 is 1.36 bits per heavy atom. The zero-order valence-electron chi connectivity index (χ0n) is 8.07. The summed E-state index contributed by atoms with van der Waals surface area (Å²) in [6.45, 7) is 2.67. The van der Waals surface area contributed by atoms with E-state index in [0.717, 1.165) is 6.42 Å². The Labute approximate surface area is 82.7 Å². The maximum atomic E-state index is 9.21. The van der Waals surface area contributed by atoms with Crippen LogP contribution in [0.4, 0.5) is 0 Å². The van der Waals surface area contributed by atoms with Gasteiger partial charge in [-0.1, -0.05) is 6.92 Å². The van der Waals surface area contributed by atoms with Crippen LogP contribution in [0.25, 0.3) is 0 Å². The second kappa shape index (κ2) is 4.50. The van der Waals surface area contributed by atoms with E-state index in [1.807, 2.05) is 6.92 Å². The topological polar surface area (TPSA) is 78.8 Å². The third-order valence-corrected chi connectivity index (χ3v) is 1.78. The van der Waals surface area contributed by atoms with Gasteiger partial charge in [0, 0.05) is 12.1 Å². The third kappa shape index (κ3) is 2.39. The molecule has 0 saturated heterocycles. The summed E-state index contributed by atoms with van der Waals surface area (Å²) >= 11 is 0. The minimum absolute atomic E-state index is 0.156. The van der Waals surface area contributed by atoms with E-state index in [2.05, 4.69) is 4.99 Å². The van der Waals surface area contributed by atoms with Gasteiger partial charge in [0.05, 0.1) is 0 Å². The van der Waals surface area contributed by atoms with E-state index in [1.165, 1.54) is 12.1 Å². The molecular formula is C10H14N2O2. The van der Waals surface area contributed by atoms with Gasteiger partial charge in [-0.25, -0.2) is 0 Å². The Bertz CT molecular complexity index is 348. The largest absolute Gasteiger partial charge is 0.504 e. The number of phenolic OH excluding ortho intramolecular Hbond substituents is 2. The molecule has 1 aromatic rings. The number of benzene rings is 1. The van der Waals surface area contributed by atoms with Gasteiger partial charge in [-0.05, 0) is 24.6 Å². The molecule has 0 aromatic heterocycles.